The average molecular weight is 326 g/mol. The summed E-state index contributed by atoms with van der Waals surface area (Å²) in [5.41, 5.74) is 4.14. The van der Waals surface area contributed by atoms with Crippen LogP contribution >= 0.6 is 12.4 Å². The normalized spacial score (nSPS) is 13.6. The van der Waals surface area contributed by atoms with Gasteiger partial charge in [-0.1, -0.05) is 0 Å². The Bertz CT molecular complexity index is 454. The molecule has 10 heteroatoms. The predicted molar refractivity (Wildman–Crippen MR) is 59.3 cm³/mol. The van der Waals surface area contributed by atoms with Gasteiger partial charge in [0.1, 0.15) is 18.2 Å². The highest BCUT2D eigenvalue weighted by molar-refractivity contribution is 5.85. The van der Waals surface area contributed by atoms with E-state index < -0.39 is 42.1 Å². The molecule has 0 spiro atoms. The average Bonchev–Trinajstić information content (AvgIpc) is 2.29. The van der Waals surface area contributed by atoms with Crippen LogP contribution in [0.3, 0.4) is 0 Å². The number of hydrogen-bond acceptors (Lipinski definition) is 3. The molecule has 0 fully saturated rings. The van der Waals surface area contributed by atoms with Gasteiger partial charge in [0.25, 0.3) is 5.92 Å². The van der Waals surface area contributed by atoms with Gasteiger partial charge in [0.05, 0.1) is 6.04 Å². The number of nitrogens with two attached hydrogens (primary N) is 1. The van der Waals surface area contributed by atoms with Gasteiger partial charge in [-0.25, -0.2) is 13.2 Å². The van der Waals surface area contributed by atoms with Crippen molar-refractivity contribution in [3.63, 3.8) is 0 Å². The molecule has 20 heavy (non-hydrogen) atoms. The minimum atomic E-state index is -5.04. The van der Waals surface area contributed by atoms with E-state index in [2.05, 4.69) is 4.74 Å². The Labute approximate surface area is 115 Å². The van der Waals surface area contributed by atoms with Crippen LogP contribution in [0.5, 0.6) is 5.75 Å². The molecule has 1 aromatic rings. The Morgan fingerprint density at radius 2 is 1.75 bits per heavy atom. The third-order valence-corrected chi connectivity index (χ3v) is 2.20. The number of hydrogen-bond donors (Lipinski definition) is 2. The van der Waals surface area contributed by atoms with Gasteiger partial charge in [0.2, 0.25) is 0 Å². The number of halogens is 7. The van der Waals surface area contributed by atoms with E-state index in [1.54, 1.807) is 0 Å². The molecular weight excluding hydrogens is 316 g/mol. The van der Waals surface area contributed by atoms with Crippen LogP contribution in [0.4, 0.5) is 26.3 Å². The summed E-state index contributed by atoms with van der Waals surface area (Å²) in [5, 5.41) is 8.41. The summed E-state index contributed by atoms with van der Waals surface area (Å²) in [4.78, 5) is 0. The largest absolute Gasteiger partial charge is 0.573 e. The van der Waals surface area contributed by atoms with E-state index in [4.69, 9.17) is 10.8 Å². The minimum absolute atomic E-state index is 0. The molecule has 0 aromatic heterocycles. The van der Waals surface area contributed by atoms with Crippen LogP contribution < -0.4 is 10.5 Å². The summed E-state index contributed by atoms with van der Waals surface area (Å²) < 4.78 is 78.7. The molecule has 0 saturated heterocycles. The zero-order chi connectivity index (χ0) is 14.8. The number of benzene rings is 1. The Morgan fingerprint density at radius 1 is 1.20 bits per heavy atom. The summed E-state index contributed by atoms with van der Waals surface area (Å²) in [7, 11) is 0. The molecule has 3 N–H and O–H groups in total. The maximum absolute atomic E-state index is 13.3. The summed E-state index contributed by atoms with van der Waals surface area (Å²) in [6.45, 7) is -1.67. The van der Waals surface area contributed by atoms with Crippen molar-refractivity contribution < 1.29 is 36.2 Å². The first-order valence-electron chi connectivity index (χ1n) is 4.86. The van der Waals surface area contributed by atoms with E-state index in [9.17, 15) is 26.3 Å². The van der Waals surface area contributed by atoms with Gasteiger partial charge < -0.3 is 15.6 Å². The molecule has 1 aromatic carbocycles. The molecular formula is C10H10ClF6NO2. The van der Waals surface area contributed by atoms with Crippen molar-refractivity contribution in [1.29, 1.82) is 0 Å². The molecule has 0 amide bonds. The minimum Gasteiger partial charge on any atom is -0.406 e. The van der Waals surface area contributed by atoms with Crippen molar-refractivity contribution in [2.75, 3.05) is 6.61 Å². The predicted octanol–water partition coefficient (Wildman–Crippen LogP) is 2.77. The third kappa shape index (κ3) is 4.73. The second-order valence-corrected chi connectivity index (χ2v) is 3.63. The molecule has 0 aliphatic rings. The third-order valence-electron chi connectivity index (χ3n) is 2.20. The molecule has 0 aliphatic carbocycles. The van der Waals surface area contributed by atoms with Crippen molar-refractivity contribution >= 4 is 12.4 Å². The molecule has 0 radical (unpaired) electrons. The second kappa shape index (κ2) is 6.51. The molecule has 0 bridgehead atoms. The SMILES string of the molecule is Cl.N[C@H](c1cc(OC(F)(F)F)ccc1F)C(F)(F)CO. The van der Waals surface area contributed by atoms with E-state index in [0.29, 0.717) is 18.2 Å². The van der Waals surface area contributed by atoms with Crippen molar-refractivity contribution in [2.45, 2.75) is 18.3 Å². The zero-order valence-electron chi connectivity index (χ0n) is 9.63. The van der Waals surface area contributed by atoms with Crippen LogP contribution in [-0.2, 0) is 0 Å². The molecule has 1 rings (SSSR count). The molecule has 3 nitrogen and oxygen atoms in total. The highest BCUT2D eigenvalue weighted by Gasteiger charge is 2.39. The fourth-order valence-corrected chi connectivity index (χ4v) is 1.28. The van der Waals surface area contributed by atoms with Crippen LogP contribution in [0.25, 0.3) is 0 Å². The molecule has 0 aliphatic heterocycles. The standard InChI is InChI=1S/C10H9F6NO2.ClH/c11-7-2-1-5(19-10(14,15)16)3-6(7)8(17)9(12,13)4-18;/h1-3,8,18H,4,17H2;1H/t8-;/m1./s1. The van der Waals surface area contributed by atoms with Crippen LogP contribution in [0.2, 0.25) is 0 Å². The summed E-state index contributed by atoms with van der Waals surface area (Å²) in [6, 6.07) is -0.744. The number of aliphatic hydroxyl groups excluding tert-OH is 1. The first-order valence-corrected chi connectivity index (χ1v) is 4.86. The molecule has 0 heterocycles. The van der Waals surface area contributed by atoms with Crippen LogP contribution in [-0.4, -0.2) is 24.0 Å². The van der Waals surface area contributed by atoms with E-state index >= 15 is 0 Å². The van der Waals surface area contributed by atoms with Crippen molar-refractivity contribution in [2.24, 2.45) is 5.73 Å². The second-order valence-electron chi connectivity index (χ2n) is 3.63. The number of aliphatic hydroxyl groups is 1. The van der Waals surface area contributed by atoms with E-state index in [1.807, 2.05) is 0 Å². The Morgan fingerprint density at radius 3 is 2.20 bits per heavy atom. The first-order chi connectivity index (χ1) is 8.57. The zero-order valence-corrected chi connectivity index (χ0v) is 10.4. The monoisotopic (exact) mass is 325 g/mol. The number of alkyl halides is 5. The quantitative estimate of drug-likeness (QED) is 0.837. The van der Waals surface area contributed by atoms with Crippen molar-refractivity contribution in [3.05, 3.63) is 29.6 Å². The van der Waals surface area contributed by atoms with Crippen molar-refractivity contribution in [3.8, 4) is 5.75 Å². The van der Waals surface area contributed by atoms with Crippen molar-refractivity contribution in [1.82, 2.24) is 0 Å². The maximum atomic E-state index is 13.3. The lowest BCUT2D eigenvalue weighted by Crippen LogP contribution is -2.36. The summed E-state index contributed by atoms with van der Waals surface area (Å²) in [5.74, 6) is -5.99. The Kier molecular flexibility index (Phi) is 6.12. The summed E-state index contributed by atoms with van der Waals surface area (Å²) >= 11 is 0. The van der Waals surface area contributed by atoms with Crippen LogP contribution in [0.15, 0.2) is 18.2 Å². The highest BCUT2D eigenvalue weighted by atomic mass is 35.5. The topological polar surface area (TPSA) is 55.5 Å². The fourth-order valence-electron chi connectivity index (χ4n) is 1.28. The van der Waals surface area contributed by atoms with E-state index in [1.165, 1.54) is 0 Å². The molecule has 1 atom stereocenters. The number of ether oxygens (including phenoxy) is 1. The lowest BCUT2D eigenvalue weighted by atomic mass is 10.0. The Balaban J connectivity index is 0.00000361. The lowest BCUT2D eigenvalue weighted by Gasteiger charge is -2.22. The van der Waals surface area contributed by atoms with Gasteiger partial charge >= 0.3 is 6.36 Å². The molecule has 0 unspecified atom stereocenters. The first kappa shape index (κ1) is 18.8. The van der Waals surface area contributed by atoms with Gasteiger partial charge in [0, 0.05) is 5.56 Å². The van der Waals surface area contributed by atoms with Crippen LogP contribution in [0, 0.1) is 5.82 Å². The highest BCUT2D eigenvalue weighted by Crippen LogP contribution is 2.33. The number of rotatable bonds is 4. The summed E-state index contributed by atoms with van der Waals surface area (Å²) in [6.07, 6.45) is -5.04. The lowest BCUT2D eigenvalue weighted by molar-refractivity contribution is -0.274. The molecule has 116 valence electrons. The maximum Gasteiger partial charge on any atom is 0.573 e. The smallest absolute Gasteiger partial charge is 0.406 e. The van der Waals surface area contributed by atoms with Gasteiger partial charge in [-0.3, -0.25) is 0 Å². The van der Waals surface area contributed by atoms with Gasteiger partial charge in [0.15, 0.2) is 0 Å². The van der Waals surface area contributed by atoms with Crippen LogP contribution in [0.1, 0.15) is 11.6 Å². The molecule has 0 saturated carbocycles. The van der Waals surface area contributed by atoms with Gasteiger partial charge in [-0.2, -0.15) is 0 Å². The van der Waals surface area contributed by atoms with E-state index in [-0.39, 0.29) is 12.4 Å². The fraction of sp³-hybridized carbons (Fsp3) is 0.400. The Hall–Kier alpha value is -1.19. The van der Waals surface area contributed by atoms with Gasteiger partial charge in [-0.15, -0.1) is 25.6 Å². The van der Waals surface area contributed by atoms with E-state index in [0.717, 1.165) is 0 Å². The van der Waals surface area contributed by atoms with Gasteiger partial charge in [-0.05, 0) is 18.2 Å².